The second kappa shape index (κ2) is 2.95. The molecule has 1 atom stereocenters. The summed E-state index contributed by atoms with van der Waals surface area (Å²) >= 11 is 3.43. The van der Waals surface area contributed by atoms with Crippen molar-refractivity contribution in [1.29, 1.82) is 0 Å². The molecule has 0 spiro atoms. The minimum absolute atomic E-state index is 0.0136. The van der Waals surface area contributed by atoms with E-state index in [4.69, 9.17) is 0 Å². The van der Waals surface area contributed by atoms with Crippen LogP contribution in [0.3, 0.4) is 0 Å². The SMILES string of the molecule is CN(C)P(C)Br. The largest absolute Gasteiger partial charge is 0.280 e. The maximum absolute atomic E-state index is 3.43. The normalized spacial score (nSPS) is 15.5. The van der Waals surface area contributed by atoms with Gasteiger partial charge in [-0.2, -0.15) is 0 Å². The lowest BCUT2D eigenvalue weighted by Gasteiger charge is -2.10. The van der Waals surface area contributed by atoms with E-state index in [1.54, 1.807) is 0 Å². The predicted molar refractivity (Wildman–Crippen MR) is 35.5 cm³/mol. The molecular formula is C3H9BrNP. The zero-order valence-electron chi connectivity index (χ0n) is 4.27. The molecule has 1 nitrogen and oxygen atoms in total. The lowest BCUT2D eigenvalue weighted by Crippen LogP contribution is -1.97. The third-order valence-corrected chi connectivity index (χ3v) is 3.56. The number of nitrogens with zero attached hydrogens (tertiary/aromatic N) is 1. The molecule has 3 heteroatoms. The molecule has 0 aliphatic carbocycles. The molecule has 0 rings (SSSR count). The van der Waals surface area contributed by atoms with E-state index in [0.717, 1.165) is 0 Å². The Morgan fingerprint density at radius 1 is 1.50 bits per heavy atom. The van der Waals surface area contributed by atoms with Crippen molar-refractivity contribution in [2.45, 2.75) is 0 Å². The third-order valence-electron chi connectivity index (χ3n) is 0.551. The van der Waals surface area contributed by atoms with Crippen LogP contribution in [0, 0.1) is 0 Å². The number of halogens is 1. The summed E-state index contributed by atoms with van der Waals surface area (Å²) in [5, 5.41) is 0. The van der Waals surface area contributed by atoms with Crippen molar-refractivity contribution in [3.05, 3.63) is 0 Å². The maximum Gasteiger partial charge on any atom is 0.0324 e. The summed E-state index contributed by atoms with van der Waals surface area (Å²) in [5.74, 6) is 0. The molecule has 38 valence electrons. The van der Waals surface area contributed by atoms with Gasteiger partial charge >= 0.3 is 0 Å². The van der Waals surface area contributed by atoms with Crippen LogP contribution in [0.15, 0.2) is 0 Å². The Balaban J connectivity index is 2.99. The molecule has 0 bridgehead atoms. The summed E-state index contributed by atoms with van der Waals surface area (Å²) in [6.45, 7) is 2.13. The molecule has 0 aromatic heterocycles. The van der Waals surface area contributed by atoms with Gasteiger partial charge in [-0.3, -0.25) is 4.67 Å². The molecule has 0 aliphatic heterocycles. The first-order chi connectivity index (χ1) is 2.64. The van der Waals surface area contributed by atoms with E-state index in [-0.39, 0.29) is 6.77 Å². The van der Waals surface area contributed by atoms with Gasteiger partial charge in [0, 0.05) is 6.77 Å². The average Bonchev–Trinajstić information content (AvgIpc) is 1.36. The molecule has 1 unspecified atom stereocenters. The topological polar surface area (TPSA) is 3.24 Å². The minimum Gasteiger partial charge on any atom is -0.280 e. The summed E-state index contributed by atoms with van der Waals surface area (Å²) in [6, 6.07) is 0. The first-order valence-corrected chi connectivity index (χ1v) is 5.47. The third kappa shape index (κ3) is 3.08. The quantitative estimate of drug-likeness (QED) is 0.543. The van der Waals surface area contributed by atoms with Crippen molar-refractivity contribution in [3.63, 3.8) is 0 Å². The monoisotopic (exact) mass is 169 g/mol. The fourth-order valence-corrected chi connectivity index (χ4v) is 0. The van der Waals surface area contributed by atoms with Gasteiger partial charge in [0.1, 0.15) is 0 Å². The molecule has 0 saturated heterocycles. The highest BCUT2D eigenvalue weighted by atomic mass is 79.9. The van der Waals surface area contributed by atoms with Crippen molar-refractivity contribution in [1.82, 2.24) is 4.67 Å². The second-order valence-corrected chi connectivity index (χ2v) is 6.06. The van der Waals surface area contributed by atoms with Gasteiger partial charge in [-0.15, -0.1) is 0 Å². The molecule has 6 heavy (non-hydrogen) atoms. The summed E-state index contributed by atoms with van der Waals surface area (Å²) in [6.07, 6.45) is 0. The molecule has 0 heterocycles. The highest BCUT2D eigenvalue weighted by Crippen LogP contribution is 2.40. The van der Waals surface area contributed by atoms with E-state index in [0.29, 0.717) is 0 Å². The fraction of sp³-hybridized carbons (Fsp3) is 1.00. The van der Waals surface area contributed by atoms with Gasteiger partial charge in [0.05, 0.1) is 0 Å². The van der Waals surface area contributed by atoms with Gasteiger partial charge in [-0.25, -0.2) is 0 Å². The van der Waals surface area contributed by atoms with Crippen LogP contribution in [0.5, 0.6) is 0 Å². The summed E-state index contributed by atoms with van der Waals surface area (Å²) in [5.41, 5.74) is 0. The van der Waals surface area contributed by atoms with E-state index in [1.165, 1.54) is 0 Å². The van der Waals surface area contributed by atoms with Gasteiger partial charge in [0.2, 0.25) is 0 Å². The van der Waals surface area contributed by atoms with E-state index >= 15 is 0 Å². The average molecular weight is 170 g/mol. The summed E-state index contributed by atoms with van der Waals surface area (Å²) < 4.78 is 2.15. The van der Waals surface area contributed by atoms with Crippen LogP contribution in [-0.2, 0) is 0 Å². The lowest BCUT2D eigenvalue weighted by atomic mass is 11.3. The maximum atomic E-state index is 3.43. The van der Waals surface area contributed by atoms with Gasteiger partial charge in [-0.1, -0.05) is 0 Å². The predicted octanol–water partition coefficient (Wildman–Crippen LogP) is 1.88. The Morgan fingerprint density at radius 3 is 1.67 bits per heavy atom. The van der Waals surface area contributed by atoms with E-state index in [1.807, 2.05) is 0 Å². The molecular weight excluding hydrogens is 161 g/mol. The Morgan fingerprint density at radius 2 is 1.67 bits per heavy atom. The van der Waals surface area contributed by atoms with Crippen LogP contribution < -0.4 is 0 Å². The summed E-state index contributed by atoms with van der Waals surface area (Å²) in [7, 11) is 4.11. The van der Waals surface area contributed by atoms with Crippen LogP contribution in [0.1, 0.15) is 0 Å². The van der Waals surface area contributed by atoms with E-state index in [9.17, 15) is 0 Å². The molecule has 0 N–H and O–H groups in total. The molecule has 0 amide bonds. The smallest absolute Gasteiger partial charge is 0.0324 e. The Labute approximate surface area is 48.3 Å². The Kier molecular flexibility index (Phi) is 3.38. The molecule has 0 aliphatic rings. The molecule has 0 aromatic rings. The van der Waals surface area contributed by atoms with Gasteiger partial charge in [-0.05, 0) is 36.2 Å². The Bertz CT molecular complexity index is 31.8. The molecule has 0 fully saturated rings. The number of rotatable bonds is 1. The zero-order chi connectivity index (χ0) is 5.15. The molecule has 0 radical (unpaired) electrons. The fourth-order valence-electron chi connectivity index (χ4n) is 0. The zero-order valence-corrected chi connectivity index (χ0v) is 6.75. The van der Waals surface area contributed by atoms with Crippen LogP contribution in [0.25, 0.3) is 0 Å². The first kappa shape index (κ1) is 6.87. The van der Waals surface area contributed by atoms with Crippen LogP contribution >= 0.6 is 22.3 Å². The highest BCUT2D eigenvalue weighted by molar-refractivity contribution is 9.39. The number of hydrogen-bond donors (Lipinski definition) is 0. The molecule has 0 aromatic carbocycles. The highest BCUT2D eigenvalue weighted by Gasteiger charge is 1.92. The number of hydrogen-bond acceptors (Lipinski definition) is 1. The van der Waals surface area contributed by atoms with Crippen LogP contribution in [0.2, 0.25) is 0 Å². The lowest BCUT2D eigenvalue weighted by molar-refractivity contribution is 0.692. The van der Waals surface area contributed by atoms with E-state index in [2.05, 4.69) is 40.9 Å². The van der Waals surface area contributed by atoms with Crippen LogP contribution in [0.4, 0.5) is 0 Å². The van der Waals surface area contributed by atoms with Crippen LogP contribution in [-0.4, -0.2) is 25.4 Å². The second-order valence-electron chi connectivity index (χ2n) is 1.29. The van der Waals surface area contributed by atoms with Gasteiger partial charge < -0.3 is 0 Å². The summed E-state index contributed by atoms with van der Waals surface area (Å²) in [4.78, 5) is 0. The van der Waals surface area contributed by atoms with Crippen molar-refractivity contribution in [2.75, 3.05) is 20.8 Å². The van der Waals surface area contributed by atoms with Gasteiger partial charge in [0.15, 0.2) is 0 Å². The Hall–Kier alpha value is 0.870. The van der Waals surface area contributed by atoms with Crippen molar-refractivity contribution in [2.24, 2.45) is 0 Å². The van der Waals surface area contributed by atoms with Crippen molar-refractivity contribution < 1.29 is 0 Å². The minimum atomic E-state index is -0.0136. The first-order valence-electron chi connectivity index (χ1n) is 1.71. The standard InChI is InChI=1S/C3H9BrNP/c1-5(2)6(3)4/h1-3H3. The van der Waals surface area contributed by atoms with Crippen molar-refractivity contribution in [3.8, 4) is 0 Å². The van der Waals surface area contributed by atoms with Crippen molar-refractivity contribution >= 4 is 22.3 Å². The van der Waals surface area contributed by atoms with Gasteiger partial charge in [0.25, 0.3) is 0 Å². The molecule has 0 saturated carbocycles. The van der Waals surface area contributed by atoms with E-state index < -0.39 is 0 Å².